The maximum atomic E-state index is 11.8. The van der Waals surface area contributed by atoms with E-state index in [1.165, 1.54) is 0 Å². The highest BCUT2D eigenvalue weighted by Gasteiger charge is 2.31. The van der Waals surface area contributed by atoms with Gasteiger partial charge in [0.25, 0.3) is 0 Å². The minimum Gasteiger partial charge on any atom is -0.337 e. The number of rotatable bonds is 3. The minimum atomic E-state index is -2.93. The van der Waals surface area contributed by atoms with E-state index in [0.717, 1.165) is 12.8 Å². The van der Waals surface area contributed by atoms with Crippen LogP contribution in [0.25, 0.3) is 0 Å². The van der Waals surface area contributed by atoms with Gasteiger partial charge < -0.3 is 10.2 Å². The van der Waals surface area contributed by atoms with Gasteiger partial charge in [0.2, 0.25) is 5.91 Å². The molecule has 1 amide bonds. The summed E-state index contributed by atoms with van der Waals surface area (Å²) in [6, 6.07) is 0.319. The van der Waals surface area contributed by atoms with Crippen molar-refractivity contribution in [3.8, 4) is 0 Å². The fraction of sp³-hybridized carbons (Fsp3) is 0.900. The second kappa shape index (κ2) is 4.33. The van der Waals surface area contributed by atoms with Gasteiger partial charge in [-0.05, 0) is 19.8 Å². The lowest BCUT2D eigenvalue weighted by Gasteiger charge is -2.33. The predicted octanol–water partition coefficient (Wildman–Crippen LogP) is -0.616. The van der Waals surface area contributed by atoms with Crippen LogP contribution in [0, 0.1) is 0 Å². The highest BCUT2D eigenvalue weighted by Crippen LogP contribution is 2.18. The standard InChI is InChI=1S/C10H18N2O3S/c1-8-7-16(14,15)5-4-12(8)10(13)6-11-9-2-3-9/h8-9,11H,2-7H2,1H3. The number of carbonyl (C=O) groups is 1. The van der Waals surface area contributed by atoms with Gasteiger partial charge in [0.05, 0.1) is 18.1 Å². The van der Waals surface area contributed by atoms with Gasteiger partial charge in [-0.15, -0.1) is 0 Å². The Labute approximate surface area is 96.1 Å². The van der Waals surface area contributed by atoms with Crippen molar-refractivity contribution < 1.29 is 13.2 Å². The van der Waals surface area contributed by atoms with Crippen LogP contribution in [0.15, 0.2) is 0 Å². The molecule has 2 fully saturated rings. The maximum absolute atomic E-state index is 11.8. The number of carbonyl (C=O) groups excluding carboxylic acids is 1. The predicted molar refractivity (Wildman–Crippen MR) is 60.9 cm³/mol. The summed E-state index contributed by atoms with van der Waals surface area (Å²) in [5.41, 5.74) is 0. The summed E-state index contributed by atoms with van der Waals surface area (Å²) in [5.74, 6) is 0.226. The lowest BCUT2D eigenvalue weighted by atomic mass is 10.3. The minimum absolute atomic E-state index is 0.0225. The molecule has 1 atom stereocenters. The molecule has 0 aromatic heterocycles. The molecular weight excluding hydrogens is 228 g/mol. The van der Waals surface area contributed by atoms with Crippen LogP contribution in [-0.2, 0) is 14.6 Å². The molecule has 1 saturated heterocycles. The summed E-state index contributed by atoms with van der Waals surface area (Å²) in [6.45, 7) is 2.48. The van der Waals surface area contributed by atoms with Crippen molar-refractivity contribution in [2.45, 2.75) is 31.8 Å². The van der Waals surface area contributed by atoms with E-state index in [1.54, 1.807) is 11.8 Å². The first-order chi connectivity index (χ1) is 7.48. The topological polar surface area (TPSA) is 66.5 Å². The average molecular weight is 246 g/mol. The normalized spacial score (nSPS) is 29.1. The molecule has 1 N–H and O–H groups in total. The van der Waals surface area contributed by atoms with E-state index in [4.69, 9.17) is 0 Å². The molecule has 16 heavy (non-hydrogen) atoms. The number of nitrogens with one attached hydrogen (secondary N) is 1. The molecule has 0 bridgehead atoms. The number of sulfone groups is 1. The third kappa shape index (κ3) is 2.95. The first kappa shape index (κ1) is 11.9. The lowest BCUT2D eigenvalue weighted by molar-refractivity contribution is -0.131. The summed E-state index contributed by atoms with van der Waals surface area (Å²) in [7, 11) is -2.93. The Bertz CT molecular complexity index is 376. The third-order valence-electron chi connectivity index (χ3n) is 3.11. The van der Waals surface area contributed by atoms with E-state index < -0.39 is 9.84 Å². The average Bonchev–Trinajstić information content (AvgIpc) is 2.96. The molecule has 92 valence electrons. The van der Waals surface area contributed by atoms with Crippen molar-refractivity contribution in [3.05, 3.63) is 0 Å². The van der Waals surface area contributed by atoms with Crippen molar-refractivity contribution in [2.75, 3.05) is 24.6 Å². The van der Waals surface area contributed by atoms with Crippen molar-refractivity contribution in [1.82, 2.24) is 10.2 Å². The molecule has 0 aromatic rings. The maximum Gasteiger partial charge on any atom is 0.236 e. The van der Waals surface area contributed by atoms with Gasteiger partial charge in [0.1, 0.15) is 0 Å². The smallest absolute Gasteiger partial charge is 0.236 e. The van der Waals surface area contributed by atoms with Crippen LogP contribution in [-0.4, -0.2) is 55.9 Å². The van der Waals surface area contributed by atoms with E-state index in [9.17, 15) is 13.2 Å². The van der Waals surface area contributed by atoms with Crippen molar-refractivity contribution in [2.24, 2.45) is 0 Å². The van der Waals surface area contributed by atoms with Gasteiger partial charge in [0, 0.05) is 18.6 Å². The Kier molecular flexibility index (Phi) is 3.21. The molecule has 0 spiro atoms. The highest BCUT2D eigenvalue weighted by atomic mass is 32.2. The third-order valence-corrected chi connectivity index (χ3v) is 4.90. The summed E-state index contributed by atoms with van der Waals surface area (Å²) in [5, 5.41) is 3.15. The van der Waals surface area contributed by atoms with Crippen molar-refractivity contribution in [3.63, 3.8) is 0 Å². The number of hydrogen-bond donors (Lipinski definition) is 1. The van der Waals surface area contributed by atoms with E-state index in [2.05, 4.69) is 5.32 Å². The SMILES string of the molecule is CC1CS(=O)(=O)CCN1C(=O)CNC1CC1. The first-order valence-corrected chi connectivity index (χ1v) is 7.53. The molecule has 0 aromatic carbocycles. The Hall–Kier alpha value is -0.620. The molecule has 1 aliphatic heterocycles. The van der Waals surface area contributed by atoms with E-state index in [0.29, 0.717) is 19.1 Å². The number of nitrogens with zero attached hydrogens (tertiary/aromatic N) is 1. The summed E-state index contributed by atoms with van der Waals surface area (Å²) in [6.07, 6.45) is 2.30. The molecule has 1 aliphatic carbocycles. The number of hydrogen-bond acceptors (Lipinski definition) is 4. The summed E-state index contributed by atoms with van der Waals surface area (Å²) < 4.78 is 22.7. The molecule has 0 radical (unpaired) electrons. The van der Waals surface area contributed by atoms with Gasteiger partial charge in [-0.3, -0.25) is 4.79 Å². The van der Waals surface area contributed by atoms with Crippen LogP contribution in [0.1, 0.15) is 19.8 Å². The second-order valence-electron chi connectivity index (χ2n) is 4.71. The zero-order valence-electron chi connectivity index (χ0n) is 9.48. The van der Waals surface area contributed by atoms with Crippen LogP contribution in [0.4, 0.5) is 0 Å². The molecular formula is C10H18N2O3S. The van der Waals surface area contributed by atoms with Gasteiger partial charge in [-0.2, -0.15) is 0 Å². The molecule has 6 heteroatoms. The van der Waals surface area contributed by atoms with Crippen molar-refractivity contribution in [1.29, 1.82) is 0 Å². The zero-order valence-corrected chi connectivity index (χ0v) is 10.3. The van der Waals surface area contributed by atoms with Crippen LogP contribution >= 0.6 is 0 Å². The fourth-order valence-electron chi connectivity index (χ4n) is 1.99. The largest absolute Gasteiger partial charge is 0.337 e. The summed E-state index contributed by atoms with van der Waals surface area (Å²) >= 11 is 0. The van der Waals surface area contributed by atoms with Crippen LogP contribution in [0.2, 0.25) is 0 Å². The lowest BCUT2D eigenvalue weighted by Crippen LogP contribution is -2.52. The molecule has 2 rings (SSSR count). The first-order valence-electron chi connectivity index (χ1n) is 5.71. The van der Waals surface area contributed by atoms with Gasteiger partial charge in [0.15, 0.2) is 9.84 Å². The molecule has 1 heterocycles. The Morgan fingerprint density at radius 2 is 2.12 bits per heavy atom. The monoisotopic (exact) mass is 246 g/mol. The van der Waals surface area contributed by atoms with Gasteiger partial charge in [-0.25, -0.2) is 8.42 Å². The van der Waals surface area contributed by atoms with Crippen molar-refractivity contribution >= 4 is 15.7 Å². The Balaban J connectivity index is 1.86. The molecule has 1 unspecified atom stereocenters. The Morgan fingerprint density at radius 3 is 2.69 bits per heavy atom. The van der Waals surface area contributed by atoms with E-state index in [1.807, 2.05) is 0 Å². The van der Waals surface area contributed by atoms with Crippen LogP contribution in [0.5, 0.6) is 0 Å². The van der Waals surface area contributed by atoms with Gasteiger partial charge >= 0.3 is 0 Å². The molecule has 2 aliphatic rings. The highest BCUT2D eigenvalue weighted by molar-refractivity contribution is 7.91. The van der Waals surface area contributed by atoms with E-state index in [-0.39, 0.29) is 23.5 Å². The zero-order chi connectivity index (χ0) is 11.8. The van der Waals surface area contributed by atoms with E-state index >= 15 is 0 Å². The van der Waals surface area contributed by atoms with Gasteiger partial charge in [-0.1, -0.05) is 0 Å². The quantitative estimate of drug-likeness (QED) is 0.721. The Morgan fingerprint density at radius 1 is 1.44 bits per heavy atom. The molecule has 1 saturated carbocycles. The number of amides is 1. The fourth-order valence-corrected chi connectivity index (χ4v) is 3.55. The molecule has 5 nitrogen and oxygen atoms in total. The summed E-state index contributed by atoms with van der Waals surface area (Å²) in [4.78, 5) is 13.5. The van der Waals surface area contributed by atoms with Crippen LogP contribution < -0.4 is 5.32 Å². The second-order valence-corrected chi connectivity index (χ2v) is 6.93. The van der Waals surface area contributed by atoms with Crippen LogP contribution in [0.3, 0.4) is 0 Å².